The molecular formula is C25H34N2O5. The fourth-order valence-electron chi connectivity index (χ4n) is 3.20. The molecule has 7 heteroatoms. The van der Waals surface area contributed by atoms with E-state index in [1.165, 1.54) is 0 Å². The van der Waals surface area contributed by atoms with E-state index in [4.69, 9.17) is 14.2 Å². The van der Waals surface area contributed by atoms with Crippen molar-refractivity contribution in [1.82, 2.24) is 10.2 Å². The fourth-order valence-corrected chi connectivity index (χ4v) is 3.20. The summed E-state index contributed by atoms with van der Waals surface area (Å²) in [6.07, 6.45) is 0.479. The van der Waals surface area contributed by atoms with Crippen molar-refractivity contribution in [3.8, 4) is 17.2 Å². The molecule has 0 aromatic heterocycles. The maximum absolute atomic E-state index is 13.2. The molecule has 0 saturated heterocycles. The average molecular weight is 443 g/mol. The number of carbonyl (C=O) groups excluding carboxylic acids is 2. The van der Waals surface area contributed by atoms with Gasteiger partial charge in [-0.2, -0.15) is 0 Å². The zero-order valence-corrected chi connectivity index (χ0v) is 19.8. The molecule has 0 aliphatic carbocycles. The topological polar surface area (TPSA) is 77.1 Å². The first kappa shape index (κ1) is 25.0. The third-order valence-electron chi connectivity index (χ3n) is 4.82. The lowest BCUT2D eigenvalue weighted by atomic mass is 10.1. The summed E-state index contributed by atoms with van der Waals surface area (Å²) in [6, 6.07) is 13.8. The molecule has 0 spiro atoms. The fraction of sp³-hybridized carbons (Fsp3) is 0.440. The Labute approximate surface area is 190 Å². The first-order valence-corrected chi connectivity index (χ1v) is 10.7. The van der Waals surface area contributed by atoms with Gasteiger partial charge in [0.1, 0.15) is 23.3 Å². The molecule has 2 amide bonds. The van der Waals surface area contributed by atoms with Gasteiger partial charge in [-0.1, -0.05) is 19.1 Å². The molecule has 1 N–H and O–H groups in total. The second-order valence-corrected chi connectivity index (χ2v) is 8.50. The summed E-state index contributed by atoms with van der Waals surface area (Å²) in [6.45, 7) is 7.75. The summed E-state index contributed by atoms with van der Waals surface area (Å²) in [5, 5.41) is 2.99. The number of methoxy groups -OCH3 is 2. The summed E-state index contributed by atoms with van der Waals surface area (Å²) in [7, 11) is 3.19. The number of hydrogen-bond donors (Lipinski definition) is 1. The molecule has 0 radical (unpaired) electrons. The van der Waals surface area contributed by atoms with Crippen molar-refractivity contribution in [2.45, 2.75) is 52.2 Å². The molecule has 0 unspecified atom stereocenters. The Morgan fingerprint density at radius 1 is 0.906 bits per heavy atom. The molecule has 2 rings (SSSR count). The van der Waals surface area contributed by atoms with Gasteiger partial charge in [0.25, 0.3) is 5.91 Å². The predicted octanol–water partition coefficient (Wildman–Crippen LogP) is 3.80. The van der Waals surface area contributed by atoms with E-state index in [9.17, 15) is 9.59 Å². The Morgan fingerprint density at radius 3 is 1.88 bits per heavy atom. The minimum absolute atomic E-state index is 0.179. The highest BCUT2D eigenvalue weighted by Crippen LogP contribution is 2.19. The van der Waals surface area contributed by atoms with Gasteiger partial charge in [0.05, 0.1) is 14.2 Å². The molecule has 1 atom stereocenters. The van der Waals surface area contributed by atoms with Crippen molar-refractivity contribution in [3.63, 3.8) is 0 Å². The van der Waals surface area contributed by atoms with Crippen molar-refractivity contribution >= 4 is 11.8 Å². The van der Waals surface area contributed by atoms with E-state index < -0.39 is 11.6 Å². The third kappa shape index (κ3) is 7.48. The van der Waals surface area contributed by atoms with Crippen LogP contribution in [0.5, 0.6) is 17.2 Å². The van der Waals surface area contributed by atoms with Crippen LogP contribution in [-0.2, 0) is 16.1 Å². The zero-order chi connectivity index (χ0) is 23.7. The van der Waals surface area contributed by atoms with Crippen LogP contribution in [-0.4, -0.2) is 49.1 Å². The molecule has 2 aromatic carbocycles. The number of rotatable bonds is 10. The number of ether oxygens (including phenoxy) is 3. The Bertz CT molecular complexity index is 873. The maximum Gasteiger partial charge on any atom is 0.261 e. The van der Waals surface area contributed by atoms with E-state index in [1.54, 1.807) is 43.4 Å². The molecule has 174 valence electrons. The monoisotopic (exact) mass is 442 g/mol. The molecule has 2 aromatic rings. The van der Waals surface area contributed by atoms with E-state index in [0.29, 0.717) is 17.9 Å². The Balaban J connectivity index is 2.21. The van der Waals surface area contributed by atoms with Gasteiger partial charge >= 0.3 is 0 Å². The first-order valence-electron chi connectivity index (χ1n) is 10.7. The van der Waals surface area contributed by atoms with Gasteiger partial charge in [-0.05, 0) is 69.2 Å². The zero-order valence-electron chi connectivity index (χ0n) is 19.8. The number of hydrogen-bond acceptors (Lipinski definition) is 5. The normalized spacial score (nSPS) is 11.9. The summed E-state index contributed by atoms with van der Waals surface area (Å²) in [4.78, 5) is 27.8. The van der Waals surface area contributed by atoms with Gasteiger partial charge in [0.2, 0.25) is 5.91 Å². The molecule has 7 nitrogen and oxygen atoms in total. The summed E-state index contributed by atoms with van der Waals surface area (Å²) < 4.78 is 16.1. The van der Waals surface area contributed by atoms with Crippen molar-refractivity contribution in [2.75, 3.05) is 20.8 Å². The molecular weight excluding hydrogens is 408 g/mol. The molecule has 0 bridgehead atoms. The Kier molecular flexibility index (Phi) is 8.93. The largest absolute Gasteiger partial charge is 0.497 e. The number of nitrogens with one attached hydrogen (secondary N) is 1. The van der Waals surface area contributed by atoms with Gasteiger partial charge in [-0.25, -0.2) is 0 Å². The van der Waals surface area contributed by atoms with Crippen LogP contribution in [0.1, 0.15) is 39.7 Å². The predicted molar refractivity (Wildman–Crippen MR) is 124 cm³/mol. The van der Waals surface area contributed by atoms with Crippen LogP contribution in [0.15, 0.2) is 48.5 Å². The van der Waals surface area contributed by atoms with Crippen molar-refractivity contribution in [3.05, 3.63) is 54.1 Å². The van der Waals surface area contributed by atoms with Crippen LogP contribution in [0.4, 0.5) is 0 Å². The summed E-state index contributed by atoms with van der Waals surface area (Å²) in [5.74, 6) is 1.52. The Hall–Kier alpha value is -3.22. The second kappa shape index (κ2) is 11.4. The molecule has 0 aliphatic heterocycles. The summed E-state index contributed by atoms with van der Waals surface area (Å²) >= 11 is 0. The lowest BCUT2D eigenvalue weighted by Crippen LogP contribution is -2.54. The highest BCUT2D eigenvalue weighted by atomic mass is 16.5. The van der Waals surface area contributed by atoms with Crippen LogP contribution < -0.4 is 19.5 Å². The van der Waals surface area contributed by atoms with E-state index in [0.717, 1.165) is 11.3 Å². The number of carbonyl (C=O) groups is 2. The van der Waals surface area contributed by atoms with Crippen LogP contribution in [0, 0.1) is 0 Å². The van der Waals surface area contributed by atoms with Crippen molar-refractivity contribution in [2.24, 2.45) is 0 Å². The molecule has 32 heavy (non-hydrogen) atoms. The van der Waals surface area contributed by atoms with Gasteiger partial charge in [-0.3, -0.25) is 9.59 Å². The van der Waals surface area contributed by atoms with Gasteiger partial charge in [0, 0.05) is 12.1 Å². The SMILES string of the molecule is CC[C@@H](C(=O)NC(C)(C)C)N(Cc1ccc(OC)cc1)C(=O)COc1ccc(OC)cc1. The number of benzene rings is 2. The van der Waals surface area contributed by atoms with Crippen molar-refractivity contribution in [1.29, 1.82) is 0 Å². The average Bonchev–Trinajstić information content (AvgIpc) is 2.77. The van der Waals surface area contributed by atoms with Gasteiger partial charge in [-0.15, -0.1) is 0 Å². The standard InChI is InChI=1S/C25H34N2O5/c1-7-22(24(29)26-25(2,3)4)27(16-18-8-10-19(30-5)11-9-18)23(28)17-32-21-14-12-20(31-6)13-15-21/h8-15,22H,7,16-17H2,1-6H3,(H,26,29)/t22-/m0/s1. The molecule has 0 saturated carbocycles. The minimum Gasteiger partial charge on any atom is -0.497 e. The van der Waals surface area contributed by atoms with E-state index >= 15 is 0 Å². The minimum atomic E-state index is -0.622. The van der Waals surface area contributed by atoms with Crippen LogP contribution in [0.3, 0.4) is 0 Å². The van der Waals surface area contributed by atoms with Gasteiger partial charge < -0.3 is 24.4 Å². The maximum atomic E-state index is 13.2. The highest BCUT2D eigenvalue weighted by Gasteiger charge is 2.30. The quantitative estimate of drug-likeness (QED) is 0.606. The van der Waals surface area contributed by atoms with Gasteiger partial charge in [0.15, 0.2) is 6.61 Å². The van der Waals surface area contributed by atoms with Crippen LogP contribution in [0.25, 0.3) is 0 Å². The van der Waals surface area contributed by atoms with E-state index in [1.807, 2.05) is 52.0 Å². The van der Waals surface area contributed by atoms with E-state index in [2.05, 4.69) is 5.32 Å². The molecule has 0 heterocycles. The van der Waals surface area contributed by atoms with E-state index in [-0.39, 0.29) is 25.0 Å². The summed E-state index contributed by atoms with van der Waals surface area (Å²) in [5.41, 5.74) is 0.490. The van der Waals surface area contributed by atoms with Crippen LogP contribution >= 0.6 is 0 Å². The smallest absolute Gasteiger partial charge is 0.261 e. The lowest BCUT2D eigenvalue weighted by molar-refractivity contribution is -0.143. The lowest BCUT2D eigenvalue weighted by Gasteiger charge is -2.33. The van der Waals surface area contributed by atoms with Crippen LogP contribution in [0.2, 0.25) is 0 Å². The number of nitrogens with zero attached hydrogens (tertiary/aromatic N) is 1. The second-order valence-electron chi connectivity index (χ2n) is 8.50. The molecule has 0 fully saturated rings. The Morgan fingerprint density at radius 2 is 1.41 bits per heavy atom. The van der Waals surface area contributed by atoms with Crippen molar-refractivity contribution < 1.29 is 23.8 Å². The first-order chi connectivity index (χ1) is 15.2. The third-order valence-corrected chi connectivity index (χ3v) is 4.82. The highest BCUT2D eigenvalue weighted by molar-refractivity contribution is 5.88. The molecule has 0 aliphatic rings. The number of amides is 2.